The van der Waals surface area contributed by atoms with Gasteiger partial charge in [-0.25, -0.2) is 0 Å². The number of pyridine rings is 1. The molecule has 0 fully saturated rings. The van der Waals surface area contributed by atoms with Crippen LogP contribution in [0.25, 0.3) is 0 Å². The maximum absolute atomic E-state index is 11.8. The first kappa shape index (κ1) is 13.4. The molecule has 0 bridgehead atoms. The molecule has 1 amide bonds. The number of carbonyl (C=O) groups is 1. The summed E-state index contributed by atoms with van der Waals surface area (Å²) in [5.74, 6) is -0.186. The van der Waals surface area contributed by atoms with Crippen molar-refractivity contribution in [2.45, 2.75) is 20.0 Å². The number of methoxy groups -OCH3 is 1. The smallest absolute Gasteiger partial charge is 0.270 e. The number of ether oxygens (including phenoxy) is 1. The van der Waals surface area contributed by atoms with Crippen LogP contribution in [0.1, 0.15) is 24.3 Å². The van der Waals surface area contributed by atoms with E-state index in [1.54, 1.807) is 19.4 Å². The van der Waals surface area contributed by atoms with Crippen molar-refractivity contribution in [3.8, 4) is 0 Å². The zero-order valence-electron chi connectivity index (χ0n) is 10.5. The summed E-state index contributed by atoms with van der Waals surface area (Å²) in [6.07, 6.45) is 1.61. The lowest BCUT2D eigenvalue weighted by molar-refractivity contribution is 0.0866. The first-order chi connectivity index (χ1) is 8.17. The Morgan fingerprint density at radius 2 is 2.35 bits per heavy atom. The molecule has 0 spiro atoms. The van der Waals surface area contributed by atoms with E-state index in [1.807, 2.05) is 19.9 Å². The highest BCUT2D eigenvalue weighted by atomic mass is 16.5. The van der Waals surface area contributed by atoms with Crippen LogP contribution in [0.2, 0.25) is 0 Å². The molecule has 1 atom stereocenters. The minimum atomic E-state index is -0.186. The van der Waals surface area contributed by atoms with Gasteiger partial charge in [0.1, 0.15) is 5.69 Å². The lowest BCUT2D eigenvalue weighted by Crippen LogP contribution is -2.32. The lowest BCUT2D eigenvalue weighted by Gasteiger charge is -2.11. The van der Waals surface area contributed by atoms with Gasteiger partial charge >= 0.3 is 0 Å². The third-order valence-electron chi connectivity index (χ3n) is 2.33. The molecule has 0 aliphatic carbocycles. The van der Waals surface area contributed by atoms with Gasteiger partial charge in [-0.1, -0.05) is 0 Å². The molecule has 0 radical (unpaired) electrons. The molecule has 0 saturated carbocycles. The Morgan fingerprint density at radius 3 is 3.00 bits per heavy atom. The van der Waals surface area contributed by atoms with Gasteiger partial charge in [-0.2, -0.15) is 0 Å². The molecule has 1 heterocycles. The lowest BCUT2D eigenvalue weighted by atomic mass is 10.3. The molecule has 0 aliphatic heterocycles. The molecule has 2 N–H and O–H groups in total. The minimum absolute atomic E-state index is 0.00380. The predicted octanol–water partition coefficient (Wildman–Crippen LogP) is 1.28. The summed E-state index contributed by atoms with van der Waals surface area (Å²) in [5.41, 5.74) is 1.30. The quantitative estimate of drug-likeness (QED) is 0.782. The normalized spacial score (nSPS) is 11.9. The summed E-state index contributed by atoms with van der Waals surface area (Å²) in [6.45, 7) is 5.18. The van der Waals surface area contributed by atoms with Crippen molar-refractivity contribution in [1.82, 2.24) is 10.3 Å². The van der Waals surface area contributed by atoms with Crippen molar-refractivity contribution in [3.05, 3.63) is 24.0 Å². The van der Waals surface area contributed by atoms with Gasteiger partial charge in [-0.05, 0) is 26.0 Å². The summed E-state index contributed by atoms with van der Waals surface area (Å²) in [4.78, 5) is 15.8. The maximum Gasteiger partial charge on any atom is 0.270 e. The van der Waals surface area contributed by atoms with Crippen molar-refractivity contribution in [2.75, 3.05) is 25.5 Å². The Hall–Kier alpha value is -1.62. The van der Waals surface area contributed by atoms with Gasteiger partial charge in [0.15, 0.2) is 0 Å². The molecular formula is C12H19N3O2. The largest absolute Gasteiger partial charge is 0.385 e. The molecule has 1 aromatic rings. The average Bonchev–Trinajstić information content (AvgIpc) is 2.36. The molecule has 17 heavy (non-hydrogen) atoms. The number of carbonyl (C=O) groups excluding carboxylic acids is 1. The molecule has 94 valence electrons. The second kappa shape index (κ2) is 6.85. The van der Waals surface area contributed by atoms with Gasteiger partial charge < -0.3 is 15.4 Å². The van der Waals surface area contributed by atoms with Crippen LogP contribution in [0.15, 0.2) is 18.3 Å². The molecular weight excluding hydrogens is 218 g/mol. The van der Waals surface area contributed by atoms with E-state index >= 15 is 0 Å². The highest BCUT2D eigenvalue weighted by molar-refractivity contribution is 5.93. The maximum atomic E-state index is 11.8. The predicted molar refractivity (Wildman–Crippen MR) is 67.2 cm³/mol. The Balaban J connectivity index is 2.59. The Labute approximate surface area is 102 Å². The van der Waals surface area contributed by atoms with Gasteiger partial charge in [0.2, 0.25) is 0 Å². The molecule has 0 aliphatic rings. The fraction of sp³-hybridized carbons (Fsp3) is 0.500. The first-order valence-corrected chi connectivity index (χ1v) is 5.68. The third kappa shape index (κ3) is 4.40. The standard InChI is InChI=1S/C12H19N3O2/c1-4-13-10-5-6-14-11(7-10)12(16)15-8-9(2)17-3/h5-7,9H,4,8H2,1-3H3,(H,13,14)(H,15,16). The van der Waals surface area contributed by atoms with E-state index in [2.05, 4.69) is 15.6 Å². The number of rotatable bonds is 6. The van der Waals surface area contributed by atoms with Gasteiger partial charge in [0, 0.05) is 32.1 Å². The Kier molecular flexibility index (Phi) is 5.42. The summed E-state index contributed by atoms with van der Waals surface area (Å²) in [5, 5.41) is 5.90. The number of nitrogens with zero attached hydrogens (tertiary/aromatic N) is 1. The monoisotopic (exact) mass is 237 g/mol. The van der Waals surface area contributed by atoms with Crippen molar-refractivity contribution in [1.29, 1.82) is 0 Å². The average molecular weight is 237 g/mol. The van der Waals surface area contributed by atoms with Gasteiger partial charge in [0.25, 0.3) is 5.91 Å². The summed E-state index contributed by atoms with van der Waals surface area (Å²) in [7, 11) is 1.61. The number of anilines is 1. The van der Waals surface area contributed by atoms with E-state index in [0.717, 1.165) is 12.2 Å². The van der Waals surface area contributed by atoms with Gasteiger partial charge in [0.05, 0.1) is 6.10 Å². The van der Waals surface area contributed by atoms with Crippen molar-refractivity contribution in [3.63, 3.8) is 0 Å². The van der Waals surface area contributed by atoms with E-state index in [0.29, 0.717) is 12.2 Å². The molecule has 0 aromatic carbocycles. The fourth-order valence-corrected chi connectivity index (χ4v) is 1.28. The third-order valence-corrected chi connectivity index (χ3v) is 2.33. The summed E-state index contributed by atoms with van der Waals surface area (Å²) >= 11 is 0. The molecule has 1 unspecified atom stereocenters. The summed E-state index contributed by atoms with van der Waals surface area (Å²) < 4.78 is 5.05. The van der Waals surface area contributed by atoms with Crippen LogP contribution in [-0.2, 0) is 4.74 Å². The minimum Gasteiger partial charge on any atom is -0.385 e. The van der Waals surface area contributed by atoms with Crippen LogP contribution in [0.4, 0.5) is 5.69 Å². The molecule has 1 aromatic heterocycles. The van der Waals surface area contributed by atoms with Crippen molar-refractivity contribution in [2.24, 2.45) is 0 Å². The number of aromatic nitrogens is 1. The fourth-order valence-electron chi connectivity index (χ4n) is 1.28. The highest BCUT2D eigenvalue weighted by Gasteiger charge is 2.08. The van der Waals surface area contributed by atoms with E-state index in [9.17, 15) is 4.79 Å². The van der Waals surface area contributed by atoms with Crippen LogP contribution in [-0.4, -0.2) is 37.2 Å². The molecule has 1 rings (SSSR count). The van der Waals surface area contributed by atoms with Crippen molar-refractivity contribution < 1.29 is 9.53 Å². The van der Waals surface area contributed by atoms with E-state index < -0.39 is 0 Å². The SMILES string of the molecule is CCNc1ccnc(C(=O)NCC(C)OC)c1. The van der Waals surface area contributed by atoms with Crippen LogP contribution >= 0.6 is 0 Å². The number of hydrogen-bond acceptors (Lipinski definition) is 4. The Bertz CT molecular complexity index is 369. The number of amides is 1. The number of hydrogen-bond donors (Lipinski definition) is 2. The second-order valence-corrected chi connectivity index (χ2v) is 3.72. The zero-order valence-corrected chi connectivity index (χ0v) is 10.5. The van der Waals surface area contributed by atoms with Gasteiger partial charge in [-0.15, -0.1) is 0 Å². The van der Waals surface area contributed by atoms with Crippen molar-refractivity contribution >= 4 is 11.6 Å². The summed E-state index contributed by atoms with van der Waals surface area (Å²) in [6, 6.07) is 3.56. The molecule has 5 heteroatoms. The number of nitrogens with one attached hydrogen (secondary N) is 2. The second-order valence-electron chi connectivity index (χ2n) is 3.72. The highest BCUT2D eigenvalue weighted by Crippen LogP contribution is 2.07. The first-order valence-electron chi connectivity index (χ1n) is 5.68. The molecule has 0 saturated heterocycles. The van der Waals surface area contributed by atoms with E-state index in [4.69, 9.17) is 4.74 Å². The van der Waals surface area contributed by atoms with Crippen LogP contribution in [0.3, 0.4) is 0 Å². The van der Waals surface area contributed by atoms with Crippen LogP contribution in [0.5, 0.6) is 0 Å². The van der Waals surface area contributed by atoms with Crippen LogP contribution in [0, 0.1) is 0 Å². The zero-order chi connectivity index (χ0) is 12.7. The molecule has 5 nitrogen and oxygen atoms in total. The topological polar surface area (TPSA) is 63.2 Å². The Morgan fingerprint density at radius 1 is 1.59 bits per heavy atom. The van der Waals surface area contributed by atoms with Gasteiger partial charge in [-0.3, -0.25) is 9.78 Å². The van der Waals surface area contributed by atoms with Crippen LogP contribution < -0.4 is 10.6 Å². The van der Waals surface area contributed by atoms with E-state index in [-0.39, 0.29) is 12.0 Å². The van der Waals surface area contributed by atoms with E-state index in [1.165, 1.54) is 0 Å².